The van der Waals surface area contributed by atoms with Crippen molar-refractivity contribution in [2.45, 2.75) is 18.3 Å². The molecule has 160 valence electrons. The Morgan fingerprint density at radius 1 is 1.06 bits per heavy atom. The summed E-state index contributed by atoms with van der Waals surface area (Å²) in [5.74, 6) is -0.278. The van der Waals surface area contributed by atoms with E-state index in [9.17, 15) is 14.4 Å². The minimum atomic E-state index is -0.406. The number of carbonyl (C=O) groups is 3. The molecular formula is C22H20N2O5S2. The lowest BCUT2D eigenvalue weighted by molar-refractivity contribution is -0.119. The van der Waals surface area contributed by atoms with Crippen LogP contribution in [0.1, 0.15) is 38.6 Å². The fraction of sp³-hybridized carbons (Fsp3) is 0.273. The minimum absolute atomic E-state index is 0.0879. The Balaban J connectivity index is 1.56. The van der Waals surface area contributed by atoms with Crippen molar-refractivity contribution in [3.8, 4) is 0 Å². The van der Waals surface area contributed by atoms with Crippen LogP contribution in [0.2, 0.25) is 0 Å². The molecule has 9 heteroatoms. The standard InChI is InChI=1S/C22H20N2O5S2/c1-3-29-21(27)15-8-10-16(11-9-15)23-18(25)17-12-31-19(24(17)22(23)30)13-4-6-14(7-5-13)20(26)28-2/h4-11,17,19H,3,12H2,1-2H3/t17-,19+/m1/s1. The van der Waals surface area contributed by atoms with Crippen molar-refractivity contribution in [2.24, 2.45) is 0 Å². The van der Waals surface area contributed by atoms with Crippen LogP contribution in [-0.2, 0) is 14.3 Å². The second-order valence-electron chi connectivity index (χ2n) is 6.95. The minimum Gasteiger partial charge on any atom is -0.465 e. The van der Waals surface area contributed by atoms with Gasteiger partial charge in [0.25, 0.3) is 5.91 Å². The second-order valence-corrected chi connectivity index (χ2v) is 8.42. The van der Waals surface area contributed by atoms with Crippen LogP contribution in [0, 0.1) is 0 Å². The number of rotatable bonds is 5. The smallest absolute Gasteiger partial charge is 0.338 e. The molecular weight excluding hydrogens is 436 g/mol. The van der Waals surface area contributed by atoms with Crippen LogP contribution in [0.15, 0.2) is 48.5 Å². The molecule has 0 spiro atoms. The molecule has 0 saturated carbocycles. The maximum Gasteiger partial charge on any atom is 0.338 e. The van der Waals surface area contributed by atoms with Crippen LogP contribution in [0.3, 0.4) is 0 Å². The highest BCUT2D eigenvalue weighted by Crippen LogP contribution is 2.46. The number of carbonyl (C=O) groups excluding carboxylic acids is 3. The molecule has 4 rings (SSSR count). The van der Waals surface area contributed by atoms with Gasteiger partial charge in [-0.25, -0.2) is 9.59 Å². The molecule has 0 N–H and O–H groups in total. The zero-order valence-electron chi connectivity index (χ0n) is 16.9. The third-order valence-corrected chi connectivity index (χ3v) is 6.89. The van der Waals surface area contributed by atoms with E-state index in [2.05, 4.69) is 0 Å². The van der Waals surface area contributed by atoms with Crippen LogP contribution in [0.4, 0.5) is 5.69 Å². The van der Waals surface area contributed by atoms with Gasteiger partial charge in [-0.2, -0.15) is 0 Å². The van der Waals surface area contributed by atoms with E-state index in [1.807, 2.05) is 17.0 Å². The first-order valence-corrected chi connectivity index (χ1v) is 11.1. The van der Waals surface area contributed by atoms with E-state index < -0.39 is 11.9 Å². The summed E-state index contributed by atoms with van der Waals surface area (Å²) < 4.78 is 9.75. The Labute approximate surface area is 189 Å². The fourth-order valence-electron chi connectivity index (χ4n) is 3.65. The Hall–Kier alpha value is -2.91. The van der Waals surface area contributed by atoms with Gasteiger partial charge in [0.05, 0.1) is 30.5 Å². The van der Waals surface area contributed by atoms with Gasteiger partial charge >= 0.3 is 11.9 Å². The molecule has 2 aromatic rings. The van der Waals surface area contributed by atoms with Gasteiger partial charge in [-0.3, -0.25) is 9.69 Å². The number of esters is 2. The van der Waals surface area contributed by atoms with Gasteiger partial charge in [0.1, 0.15) is 11.4 Å². The van der Waals surface area contributed by atoms with Crippen LogP contribution in [-0.4, -0.2) is 53.4 Å². The molecule has 7 nitrogen and oxygen atoms in total. The number of thiocarbonyl (C=S) groups is 1. The molecule has 0 radical (unpaired) electrons. The van der Waals surface area contributed by atoms with Crippen molar-refractivity contribution in [1.82, 2.24) is 4.90 Å². The largest absolute Gasteiger partial charge is 0.465 e. The molecule has 2 aliphatic heterocycles. The lowest BCUT2D eigenvalue weighted by atomic mass is 10.1. The zero-order chi connectivity index (χ0) is 22.1. The summed E-state index contributed by atoms with van der Waals surface area (Å²) in [7, 11) is 1.34. The molecule has 2 atom stereocenters. The second kappa shape index (κ2) is 8.68. The van der Waals surface area contributed by atoms with Crippen LogP contribution >= 0.6 is 24.0 Å². The van der Waals surface area contributed by atoms with E-state index >= 15 is 0 Å². The maximum atomic E-state index is 13.1. The van der Waals surface area contributed by atoms with Gasteiger partial charge in [0, 0.05) is 5.75 Å². The number of benzene rings is 2. The number of hydrogen-bond acceptors (Lipinski definition) is 7. The number of nitrogens with zero attached hydrogens (tertiary/aromatic N) is 2. The zero-order valence-corrected chi connectivity index (χ0v) is 18.6. The van der Waals surface area contributed by atoms with Crippen molar-refractivity contribution in [2.75, 3.05) is 24.4 Å². The fourth-order valence-corrected chi connectivity index (χ4v) is 5.57. The number of methoxy groups -OCH3 is 1. The summed E-state index contributed by atoms with van der Waals surface area (Å²) in [5.41, 5.74) is 2.45. The number of hydrogen-bond donors (Lipinski definition) is 0. The van der Waals surface area contributed by atoms with Crippen LogP contribution < -0.4 is 4.90 Å². The normalized spacial score (nSPS) is 20.1. The highest BCUT2D eigenvalue weighted by molar-refractivity contribution is 7.99. The molecule has 0 aliphatic carbocycles. The first-order chi connectivity index (χ1) is 15.0. The van der Waals surface area contributed by atoms with Gasteiger partial charge in [0.15, 0.2) is 5.11 Å². The molecule has 0 aromatic heterocycles. The topological polar surface area (TPSA) is 76.1 Å². The molecule has 31 heavy (non-hydrogen) atoms. The Kier molecular flexibility index (Phi) is 5.97. The Morgan fingerprint density at radius 2 is 1.68 bits per heavy atom. The van der Waals surface area contributed by atoms with Crippen LogP contribution in [0.25, 0.3) is 0 Å². The summed E-state index contributed by atoms with van der Waals surface area (Å²) in [6.07, 6.45) is 0. The molecule has 2 saturated heterocycles. The monoisotopic (exact) mass is 456 g/mol. The number of thioether (sulfide) groups is 1. The van der Waals surface area contributed by atoms with Gasteiger partial charge in [-0.15, -0.1) is 11.8 Å². The SMILES string of the molecule is CCOC(=O)c1ccc(N2C(=O)[C@H]3CS[C@@H](c4ccc(C(=O)OC)cc4)N3C2=S)cc1. The van der Waals surface area contributed by atoms with E-state index in [1.54, 1.807) is 55.1 Å². The van der Waals surface area contributed by atoms with Gasteiger partial charge in [-0.1, -0.05) is 12.1 Å². The first kappa shape index (κ1) is 21.3. The molecule has 2 aromatic carbocycles. The number of amides is 1. The third kappa shape index (κ3) is 3.79. The molecule has 0 bridgehead atoms. The van der Waals surface area contributed by atoms with Crippen molar-refractivity contribution in [1.29, 1.82) is 0 Å². The highest BCUT2D eigenvalue weighted by atomic mass is 32.2. The van der Waals surface area contributed by atoms with E-state index in [4.69, 9.17) is 21.7 Å². The predicted octanol–water partition coefficient (Wildman–Crippen LogP) is 3.40. The predicted molar refractivity (Wildman–Crippen MR) is 121 cm³/mol. The van der Waals surface area contributed by atoms with Crippen molar-refractivity contribution < 1.29 is 23.9 Å². The molecule has 2 aliphatic rings. The summed E-state index contributed by atoms with van der Waals surface area (Å²) in [5, 5.41) is 0.294. The summed E-state index contributed by atoms with van der Waals surface area (Å²) >= 11 is 7.32. The molecule has 2 heterocycles. The van der Waals surface area contributed by atoms with E-state index in [0.29, 0.717) is 34.3 Å². The number of anilines is 1. The van der Waals surface area contributed by atoms with E-state index in [-0.39, 0.29) is 17.3 Å². The van der Waals surface area contributed by atoms with Crippen molar-refractivity contribution in [3.63, 3.8) is 0 Å². The van der Waals surface area contributed by atoms with Gasteiger partial charge < -0.3 is 14.4 Å². The molecule has 1 amide bonds. The average Bonchev–Trinajstić information content (AvgIpc) is 3.33. The van der Waals surface area contributed by atoms with E-state index in [0.717, 1.165) is 5.56 Å². The summed E-state index contributed by atoms with van der Waals surface area (Å²) in [6.45, 7) is 2.05. The maximum absolute atomic E-state index is 13.1. The molecule has 0 unspecified atom stereocenters. The third-order valence-electron chi connectivity index (χ3n) is 5.17. The quantitative estimate of drug-likeness (QED) is 0.501. The number of ether oxygens (including phenoxy) is 2. The summed E-state index contributed by atoms with van der Waals surface area (Å²) in [4.78, 5) is 40.1. The summed E-state index contributed by atoms with van der Waals surface area (Å²) in [6, 6.07) is 13.4. The van der Waals surface area contributed by atoms with Gasteiger partial charge in [-0.05, 0) is 61.1 Å². The van der Waals surface area contributed by atoms with Crippen LogP contribution in [0.5, 0.6) is 0 Å². The van der Waals surface area contributed by atoms with E-state index in [1.165, 1.54) is 12.0 Å². The highest BCUT2D eigenvalue weighted by Gasteiger charge is 2.50. The Morgan fingerprint density at radius 3 is 2.29 bits per heavy atom. The first-order valence-electron chi connectivity index (χ1n) is 9.69. The van der Waals surface area contributed by atoms with Gasteiger partial charge in [0.2, 0.25) is 0 Å². The van der Waals surface area contributed by atoms with Crippen molar-refractivity contribution in [3.05, 3.63) is 65.2 Å². The average molecular weight is 457 g/mol. The molecule has 2 fully saturated rings. The lowest BCUT2D eigenvalue weighted by Gasteiger charge is -2.25. The van der Waals surface area contributed by atoms with Crippen molar-refractivity contribution >= 4 is 52.6 Å². The Bertz CT molecular complexity index is 1040. The number of fused-ring (bicyclic) bond motifs is 1. The lowest BCUT2D eigenvalue weighted by Crippen LogP contribution is -2.33.